The summed E-state index contributed by atoms with van der Waals surface area (Å²) in [4.78, 5) is 72.4. The van der Waals surface area contributed by atoms with E-state index in [-0.39, 0.29) is 42.1 Å². The molecule has 1 aliphatic heterocycles. The summed E-state index contributed by atoms with van der Waals surface area (Å²) in [5.41, 5.74) is 10.4. The number of carbonyl (C=O) groups excluding carboxylic acids is 4. The molecular formula is C40H44N10O8. The topological polar surface area (TPSA) is 228 Å². The largest absolute Gasteiger partial charge is 0.465 e. The van der Waals surface area contributed by atoms with Gasteiger partial charge in [0.05, 0.1) is 59.3 Å². The highest BCUT2D eigenvalue weighted by molar-refractivity contribution is 6.04. The van der Waals surface area contributed by atoms with Gasteiger partial charge in [-0.25, -0.2) is 24.7 Å². The zero-order chi connectivity index (χ0) is 41.1. The molecule has 18 heteroatoms. The minimum atomic E-state index is -0.603. The van der Waals surface area contributed by atoms with Gasteiger partial charge in [-0.15, -0.1) is 0 Å². The van der Waals surface area contributed by atoms with Crippen molar-refractivity contribution in [3.8, 4) is 0 Å². The van der Waals surface area contributed by atoms with Crippen LogP contribution in [0.15, 0.2) is 51.3 Å². The molecule has 0 radical (unpaired) electrons. The molecule has 4 N–H and O–H groups in total. The maximum atomic E-state index is 13.7. The molecule has 0 aliphatic carbocycles. The first-order chi connectivity index (χ1) is 28.0. The number of morpholine rings is 1. The lowest BCUT2D eigenvalue weighted by Gasteiger charge is -2.27. The number of rotatable bonds is 14. The quantitative estimate of drug-likeness (QED) is 0.102. The van der Waals surface area contributed by atoms with Crippen molar-refractivity contribution >= 4 is 57.7 Å². The number of imidazole rings is 2. The number of hydrogen-bond donors (Lipinski definition) is 3. The summed E-state index contributed by atoms with van der Waals surface area (Å²) in [7, 11) is 1.30. The van der Waals surface area contributed by atoms with E-state index in [9.17, 15) is 19.2 Å². The van der Waals surface area contributed by atoms with Gasteiger partial charge >= 0.3 is 5.97 Å². The van der Waals surface area contributed by atoms with Crippen LogP contribution in [0.3, 0.4) is 0 Å². The fourth-order valence-electron chi connectivity index (χ4n) is 7.00. The maximum absolute atomic E-state index is 13.7. The standard InChI is InChI=1S/C40H44N10O8/c1-6-27-33(57-22(3)42-27)36(52)46-39-44-29-19-24(38(54)55-5)10-11-31(29)49(39)12-8-9-13-50-32-26(21-48-14-16-56-17-15-48)18-25(35(41)51)20-30(32)45-40(50)47-37(53)34-28(7-2)43-23(4)58-34/h8-11,18-20H,6-7,12-17,21H2,1-5H3,(H2,41,51)(H,44,46,52)(H,45,47,53)/b9-8+. The molecule has 2 aromatic carbocycles. The summed E-state index contributed by atoms with van der Waals surface area (Å²) in [5, 5.41) is 5.78. The van der Waals surface area contributed by atoms with E-state index < -0.39 is 23.7 Å². The van der Waals surface area contributed by atoms with Crippen LogP contribution >= 0.6 is 0 Å². The second-order valence-electron chi connectivity index (χ2n) is 13.6. The Balaban J connectivity index is 1.26. The minimum Gasteiger partial charge on any atom is -0.465 e. The Bertz CT molecular complexity index is 2570. The first-order valence-electron chi connectivity index (χ1n) is 18.9. The first-order valence-corrected chi connectivity index (χ1v) is 18.9. The van der Waals surface area contributed by atoms with Crippen molar-refractivity contribution in [3.05, 3.63) is 93.9 Å². The third kappa shape index (κ3) is 8.10. The number of ether oxygens (including phenoxy) is 2. The summed E-state index contributed by atoms with van der Waals surface area (Å²) in [5.74, 6) is -0.835. The zero-order valence-electron chi connectivity index (χ0n) is 32.9. The normalized spacial score (nSPS) is 13.5. The predicted octanol–water partition coefficient (Wildman–Crippen LogP) is 4.58. The molecule has 0 spiro atoms. The number of carbonyl (C=O) groups is 4. The number of hydrogen-bond acceptors (Lipinski definition) is 13. The van der Waals surface area contributed by atoms with Gasteiger partial charge in [0.25, 0.3) is 11.8 Å². The number of oxazole rings is 2. The molecule has 0 unspecified atom stereocenters. The zero-order valence-corrected chi connectivity index (χ0v) is 32.9. The van der Waals surface area contributed by atoms with E-state index >= 15 is 0 Å². The molecule has 7 rings (SSSR count). The molecule has 58 heavy (non-hydrogen) atoms. The van der Waals surface area contributed by atoms with Gasteiger partial charge in [0.2, 0.25) is 29.3 Å². The van der Waals surface area contributed by atoms with Gasteiger partial charge in [-0.3, -0.25) is 29.9 Å². The summed E-state index contributed by atoms with van der Waals surface area (Å²) in [6.45, 7) is 10.6. The lowest BCUT2D eigenvalue weighted by molar-refractivity contribution is 0.0343. The molecule has 1 fully saturated rings. The molecule has 3 amide bonds. The number of anilines is 2. The van der Waals surface area contributed by atoms with Crippen molar-refractivity contribution in [2.45, 2.75) is 60.2 Å². The molecule has 5 heterocycles. The highest BCUT2D eigenvalue weighted by Gasteiger charge is 2.25. The lowest BCUT2D eigenvalue weighted by atomic mass is 10.1. The summed E-state index contributed by atoms with van der Waals surface area (Å²) >= 11 is 0. The van der Waals surface area contributed by atoms with Crippen molar-refractivity contribution < 1.29 is 37.5 Å². The van der Waals surface area contributed by atoms with Crippen LogP contribution in [-0.2, 0) is 41.9 Å². The van der Waals surface area contributed by atoms with Gasteiger partial charge in [0, 0.05) is 52.1 Å². The van der Waals surface area contributed by atoms with Crippen molar-refractivity contribution in [2.24, 2.45) is 5.73 Å². The van der Waals surface area contributed by atoms with Gasteiger partial charge in [-0.1, -0.05) is 26.0 Å². The molecule has 1 aliphatic rings. The van der Waals surface area contributed by atoms with E-state index in [0.717, 1.165) is 5.56 Å². The van der Waals surface area contributed by atoms with Crippen molar-refractivity contribution in [2.75, 3.05) is 44.0 Å². The van der Waals surface area contributed by atoms with Gasteiger partial charge in [-0.2, -0.15) is 0 Å². The number of aromatic nitrogens is 6. The molecule has 1 saturated heterocycles. The number of aryl methyl sites for hydroxylation is 4. The van der Waals surface area contributed by atoms with E-state index in [4.69, 9.17) is 29.0 Å². The van der Waals surface area contributed by atoms with Gasteiger partial charge < -0.3 is 33.2 Å². The fourth-order valence-corrected chi connectivity index (χ4v) is 7.00. The Morgan fingerprint density at radius 1 is 0.793 bits per heavy atom. The number of amides is 3. The number of nitrogens with one attached hydrogen (secondary N) is 2. The molecule has 18 nitrogen and oxygen atoms in total. The van der Waals surface area contributed by atoms with Gasteiger partial charge in [-0.05, 0) is 48.7 Å². The second kappa shape index (κ2) is 16.8. The molecule has 4 aromatic heterocycles. The average Bonchev–Trinajstić information content (AvgIpc) is 3.98. The number of nitrogens with zero attached hydrogens (tertiary/aromatic N) is 7. The van der Waals surface area contributed by atoms with Crippen LogP contribution in [0.1, 0.15) is 84.4 Å². The Morgan fingerprint density at radius 2 is 1.36 bits per heavy atom. The highest BCUT2D eigenvalue weighted by atomic mass is 16.5. The Morgan fingerprint density at radius 3 is 1.95 bits per heavy atom. The Hall–Kier alpha value is -6.66. The van der Waals surface area contributed by atoms with Gasteiger partial charge in [0.15, 0.2) is 11.8 Å². The first kappa shape index (κ1) is 39.6. The van der Waals surface area contributed by atoms with Crippen molar-refractivity contribution in [1.29, 1.82) is 0 Å². The minimum absolute atomic E-state index is 0.0870. The molecule has 0 bridgehead atoms. The van der Waals surface area contributed by atoms with Crippen LogP contribution < -0.4 is 16.4 Å². The second-order valence-corrected chi connectivity index (χ2v) is 13.6. The number of benzene rings is 2. The number of nitrogens with two attached hydrogens (primary N) is 1. The Labute approximate surface area is 332 Å². The highest BCUT2D eigenvalue weighted by Crippen LogP contribution is 2.29. The Kier molecular flexibility index (Phi) is 11.5. The van der Waals surface area contributed by atoms with Crippen LogP contribution in [0.2, 0.25) is 0 Å². The van der Waals surface area contributed by atoms with E-state index in [0.29, 0.717) is 96.5 Å². The number of allylic oxidation sites excluding steroid dienone is 2. The van der Waals surface area contributed by atoms with E-state index in [1.165, 1.54) is 7.11 Å². The fraction of sp³-hybridized carbons (Fsp3) is 0.350. The predicted molar refractivity (Wildman–Crippen MR) is 212 cm³/mol. The summed E-state index contributed by atoms with van der Waals surface area (Å²) < 4.78 is 25.4. The summed E-state index contributed by atoms with van der Waals surface area (Å²) in [6, 6.07) is 8.32. The molecule has 302 valence electrons. The maximum Gasteiger partial charge on any atom is 0.337 e. The number of esters is 1. The number of fused-ring (bicyclic) bond motifs is 2. The van der Waals surface area contributed by atoms with Crippen LogP contribution in [0.25, 0.3) is 22.1 Å². The number of primary amides is 1. The van der Waals surface area contributed by atoms with Crippen LogP contribution in [0.4, 0.5) is 11.9 Å². The van der Waals surface area contributed by atoms with Crippen LogP contribution in [0.5, 0.6) is 0 Å². The molecule has 0 atom stereocenters. The van der Waals surface area contributed by atoms with Crippen molar-refractivity contribution in [1.82, 2.24) is 34.0 Å². The SMILES string of the molecule is CCc1nc(C)oc1C(=O)Nc1nc2cc(C(=O)OC)ccc2n1C/C=C/Cn1c(NC(=O)c2oc(C)nc2CC)nc2cc(C(N)=O)cc(CN3CCOCC3)c21. The summed E-state index contributed by atoms with van der Waals surface area (Å²) in [6.07, 6.45) is 4.75. The smallest absolute Gasteiger partial charge is 0.337 e. The van der Waals surface area contributed by atoms with E-state index in [1.807, 2.05) is 30.6 Å². The average molecular weight is 793 g/mol. The van der Waals surface area contributed by atoms with Gasteiger partial charge in [0.1, 0.15) is 0 Å². The number of methoxy groups -OCH3 is 1. The van der Waals surface area contributed by atoms with Crippen molar-refractivity contribution in [3.63, 3.8) is 0 Å². The molecular weight excluding hydrogens is 749 g/mol. The third-order valence-electron chi connectivity index (χ3n) is 9.76. The molecule has 0 saturated carbocycles. The lowest BCUT2D eigenvalue weighted by Crippen LogP contribution is -2.35. The third-order valence-corrected chi connectivity index (χ3v) is 9.76. The molecule has 6 aromatic rings. The van der Waals surface area contributed by atoms with Crippen LogP contribution in [0, 0.1) is 13.8 Å². The van der Waals surface area contributed by atoms with E-state index in [1.54, 1.807) is 48.7 Å². The van der Waals surface area contributed by atoms with E-state index in [2.05, 4.69) is 30.5 Å². The monoisotopic (exact) mass is 792 g/mol. The van der Waals surface area contributed by atoms with Crippen LogP contribution in [-0.4, -0.2) is 91.1 Å².